The number of nitrogens with zero attached hydrogens (tertiary/aromatic N) is 2. The second kappa shape index (κ2) is 9.45. The Kier molecular flexibility index (Phi) is 7.16. The summed E-state index contributed by atoms with van der Waals surface area (Å²) in [5.41, 5.74) is 2.15. The third-order valence-electron chi connectivity index (χ3n) is 5.54. The quantitative estimate of drug-likeness (QED) is 0.678. The first-order chi connectivity index (χ1) is 14.1. The number of sulfonamides is 1. The highest BCUT2D eigenvalue weighted by Gasteiger charge is 2.19. The van der Waals surface area contributed by atoms with Crippen molar-refractivity contribution in [3.05, 3.63) is 59.9 Å². The van der Waals surface area contributed by atoms with Crippen LogP contribution in [0.4, 0.5) is 10.1 Å². The van der Waals surface area contributed by atoms with Crippen LogP contribution in [0.1, 0.15) is 32.8 Å². The molecule has 30 heavy (non-hydrogen) atoms. The average molecular weight is 434 g/mol. The molecule has 1 aliphatic rings. The zero-order valence-corrected chi connectivity index (χ0v) is 18.9. The fourth-order valence-corrected chi connectivity index (χ4v) is 4.68. The van der Waals surface area contributed by atoms with E-state index in [1.165, 1.54) is 12.1 Å². The normalized spacial score (nSPS) is 16.1. The Hall–Kier alpha value is -1.96. The van der Waals surface area contributed by atoms with Crippen LogP contribution < -0.4 is 9.62 Å². The van der Waals surface area contributed by atoms with Gasteiger partial charge in [0, 0.05) is 38.4 Å². The highest BCUT2D eigenvalue weighted by molar-refractivity contribution is 7.89. The molecule has 0 saturated carbocycles. The molecular formula is C23H32FN3O2S. The molecule has 0 bridgehead atoms. The van der Waals surface area contributed by atoms with Crippen molar-refractivity contribution in [3.8, 4) is 0 Å². The Labute approximate surface area is 179 Å². The summed E-state index contributed by atoms with van der Waals surface area (Å²) in [6.07, 6.45) is 0.760. The highest BCUT2D eigenvalue weighted by Crippen LogP contribution is 2.23. The second-order valence-corrected chi connectivity index (χ2v) is 10.6. The Balaban J connectivity index is 1.41. The minimum atomic E-state index is -3.48. The molecule has 2 aromatic carbocycles. The summed E-state index contributed by atoms with van der Waals surface area (Å²) >= 11 is 0. The van der Waals surface area contributed by atoms with Gasteiger partial charge in [0.05, 0.1) is 4.90 Å². The Bertz CT molecular complexity index is 914. The summed E-state index contributed by atoms with van der Waals surface area (Å²) in [5.74, 6) is -0.218. The van der Waals surface area contributed by atoms with E-state index in [0.29, 0.717) is 11.4 Å². The first kappa shape index (κ1) is 22.7. The number of piperazine rings is 1. The SMILES string of the molecule is CC(C)(C)c1ccc(S(=O)(=O)NCCCN2CCN(c3ccc(F)cc3)CC2)cc1. The van der Waals surface area contributed by atoms with Gasteiger partial charge in [-0.2, -0.15) is 0 Å². The predicted octanol–water partition coefficient (Wildman–Crippen LogP) is 3.61. The van der Waals surface area contributed by atoms with Crippen LogP contribution in [0.15, 0.2) is 53.4 Å². The van der Waals surface area contributed by atoms with Crippen LogP contribution in [0.3, 0.4) is 0 Å². The van der Waals surface area contributed by atoms with E-state index in [4.69, 9.17) is 0 Å². The van der Waals surface area contributed by atoms with E-state index in [0.717, 1.165) is 50.4 Å². The molecule has 1 N–H and O–H groups in total. The molecule has 164 valence electrons. The zero-order valence-electron chi connectivity index (χ0n) is 18.1. The minimum Gasteiger partial charge on any atom is -0.369 e. The van der Waals surface area contributed by atoms with Gasteiger partial charge in [-0.3, -0.25) is 4.90 Å². The van der Waals surface area contributed by atoms with Gasteiger partial charge in [-0.15, -0.1) is 0 Å². The summed E-state index contributed by atoms with van der Waals surface area (Å²) in [5, 5.41) is 0. The average Bonchev–Trinajstić information content (AvgIpc) is 2.72. The van der Waals surface area contributed by atoms with Crippen molar-refractivity contribution >= 4 is 15.7 Å². The number of hydrogen-bond acceptors (Lipinski definition) is 4. The Morgan fingerprint density at radius 3 is 2.10 bits per heavy atom. The van der Waals surface area contributed by atoms with Crippen molar-refractivity contribution in [2.75, 3.05) is 44.2 Å². The van der Waals surface area contributed by atoms with Gasteiger partial charge in [0.25, 0.3) is 0 Å². The molecule has 0 atom stereocenters. The van der Waals surface area contributed by atoms with Crippen LogP contribution in [0.2, 0.25) is 0 Å². The van der Waals surface area contributed by atoms with E-state index in [-0.39, 0.29) is 11.2 Å². The van der Waals surface area contributed by atoms with Crippen LogP contribution >= 0.6 is 0 Å². The first-order valence-electron chi connectivity index (χ1n) is 10.5. The maximum Gasteiger partial charge on any atom is 0.240 e. The molecule has 0 unspecified atom stereocenters. The van der Waals surface area contributed by atoms with Crippen LogP contribution in [-0.4, -0.2) is 52.6 Å². The van der Waals surface area contributed by atoms with E-state index >= 15 is 0 Å². The van der Waals surface area contributed by atoms with Crippen molar-refractivity contribution in [2.24, 2.45) is 0 Å². The molecule has 0 radical (unpaired) electrons. The number of anilines is 1. The number of hydrogen-bond donors (Lipinski definition) is 1. The molecule has 7 heteroatoms. The van der Waals surface area contributed by atoms with Crippen LogP contribution in [0, 0.1) is 5.82 Å². The van der Waals surface area contributed by atoms with Crippen LogP contribution in [-0.2, 0) is 15.4 Å². The van der Waals surface area contributed by atoms with Crippen molar-refractivity contribution in [2.45, 2.75) is 37.5 Å². The van der Waals surface area contributed by atoms with Crippen LogP contribution in [0.5, 0.6) is 0 Å². The maximum absolute atomic E-state index is 13.1. The minimum absolute atomic E-state index is 0.00353. The maximum atomic E-state index is 13.1. The smallest absolute Gasteiger partial charge is 0.240 e. The predicted molar refractivity (Wildman–Crippen MR) is 120 cm³/mol. The molecule has 1 fully saturated rings. The van der Waals surface area contributed by atoms with Crippen molar-refractivity contribution < 1.29 is 12.8 Å². The monoisotopic (exact) mass is 433 g/mol. The van der Waals surface area contributed by atoms with Crippen LogP contribution in [0.25, 0.3) is 0 Å². The number of rotatable bonds is 7. The molecule has 0 aliphatic carbocycles. The standard InChI is InChI=1S/C23H32FN3O2S/c1-23(2,3)19-5-11-22(12-6-19)30(28,29)25-13-4-14-26-15-17-27(18-16-26)21-9-7-20(24)8-10-21/h5-12,25H,4,13-18H2,1-3H3. The van der Waals surface area contributed by atoms with Gasteiger partial charge in [-0.05, 0) is 60.3 Å². The van der Waals surface area contributed by atoms with Gasteiger partial charge in [0.1, 0.15) is 5.82 Å². The summed E-state index contributed by atoms with van der Waals surface area (Å²) in [6, 6.07) is 13.7. The van der Waals surface area contributed by atoms with E-state index < -0.39 is 10.0 Å². The van der Waals surface area contributed by atoms with Gasteiger partial charge in [-0.25, -0.2) is 17.5 Å². The van der Waals surface area contributed by atoms with Gasteiger partial charge < -0.3 is 4.90 Å². The fourth-order valence-electron chi connectivity index (χ4n) is 3.61. The first-order valence-corrected chi connectivity index (χ1v) is 12.0. The summed E-state index contributed by atoms with van der Waals surface area (Å²) in [4.78, 5) is 4.90. The van der Waals surface area contributed by atoms with E-state index in [1.54, 1.807) is 12.1 Å². The molecule has 0 spiro atoms. The molecule has 1 heterocycles. The lowest BCUT2D eigenvalue weighted by molar-refractivity contribution is 0.255. The molecule has 0 amide bonds. The third kappa shape index (κ3) is 6.03. The molecule has 3 rings (SSSR count). The lowest BCUT2D eigenvalue weighted by Crippen LogP contribution is -2.47. The number of halogens is 1. The summed E-state index contributed by atoms with van der Waals surface area (Å²) in [6.45, 7) is 11.2. The largest absolute Gasteiger partial charge is 0.369 e. The lowest BCUT2D eigenvalue weighted by atomic mass is 9.87. The second-order valence-electron chi connectivity index (χ2n) is 8.83. The Morgan fingerprint density at radius 1 is 0.933 bits per heavy atom. The third-order valence-corrected chi connectivity index (χ3v) is 7.01. The van der Waals surface area contributed by atoms with Gasteiger partial charge in [-0.1, -0.05) is 32.9 Å². The van der Waals surface area contributed by atoms with Crippen molar-refractivity contribution in [3.63, 3.8) is 0 Å². The van der Waals surface area contributed by atoms with E-state index in [1.807, 2.05) is 24.3 Å². The zero-order chi connectivity index (χ0) is 21.8. The fraction of sp³-hybridized carbons (Fsp3) is 0.478. The molecule has 5 nitrogen and oxygen atoms in total. The summed E-state index contributed by atoms with van der Waals surface area (Å²) in [7, 11) is -3.48. The number of nitrogens with one attached hydrogen (secondary N) is 1. The molecule has 0 aromatic heterocycles. The number of benzene rings is 2. The van der Waals surface area contributed by atoms with Gasteiger partial charge in [0.2, 0.25) is 10.0 Å². The van der Waals surface area contributed by atoms with E-state index in [2.05, 4.69) is 35.3 Å². The topological polar surface area (TPSA) is 52.7 Å². The van der Waals surface area contributed by atoms with Gasteiger partial charge in [0.15, 0.2) is 0 Å². The van der Waals surface area contributed by atoms with Gasteiger partial charge >= 0.3 is 0 Å². The lowest BCUT2D eigenvalue weighted by Gasteiger charge is -2.36. The molecule has 1 saturated heterocycles. The van der Waals surface area contributed by atoms with Crippen molar-refractivity contribution in [1.29, 1.82) is 0 Å². The highest BCUT2D eigenvalue weighted by atomic mass is 32.2. The Morgan fingerprint density at radius 2 is 1.53 bits per heavy atom. The summed E-state index contributed by atoms with van der Waals surface area (Å²) < 4.78 is 40.8. The molecular weight excluding hydrogens is 401 g/mol. The molecule has 1 aliphatic heterocycles. The van der Waals surface area contributed by atoms with Crippen molar-refractivity contribution in [1.82, 2.24) is 9.62 Å². The van der Waals surface area contributed by atoms with E-state index in [9.17, 15) is 12.8 Å². The molecule has 2 aromatic rings.